The lowest BCUT2D eigenvalue weighted by atomic mass is 9.97. The van der Waals surface area contributed by atoms with Gasteiger partial charge in [0.25, 0.3) is 0 Å². The highest BCUT2D eigenvalue weighted by atomic mass is 19.2. The van der Waals surface area contributed by atoms with Crippen LogP contribution in [0.5, 0.6) is 0 Å². The summed E-state index contributed by atoms with van der Waals surface area (Å²) in [6.45, 7) is 6.14. The van der Waals surface area contributed by atoms with E-state index in [1.54, 1.807) is 12.1 Å². The lowest BCUT2D eigenvalue weighted by Crippen LogP contribution is -1.96. The number of benzene rings is 2. The molecule has 2 aromatic carbocycles. The van der Waals surface area contributed by atoms with Crippen LogP contribution in [0.15, 0.2) is 53.7 Å². The Morgan fingerprint density at radius 3 is 2.57 bits per heavy atom. The van der Waals surface area contributed by atoms with Gasteiger partial charge in [0.05, 0.1) is 11.4 Å². The normalized spacial score (nSPS) is 12.5. The molecule has 0 N–H and O–H groups in total. The number of aliphatic imine (C=N–C) groups is 1. The molecule has 1 aromatic heterocycles. The summed E-state index contributed by atoms with van der Waals surface area (Å²) in [4.78, 5) is 8.72. The van der Waals surface area contributed by atoms with Crippen molar-refractivity contribution < 1.29 is 13.2 Å². The standard InChI is InChI=1S/C23H21F3N2/c1-4-14(2)13-28-21-8-7-16(10-15(21)3)18-6-5-9-27-23(18)19-11-17(24)12-20(25)22(19)26/h5-14H,4H2,1-3H3. The van der Waals surface area contributed by atoms with Crippen LogP contribution in [0.3, 0.4) is 0 Å². The van der Waals surface area contributed by atoms with Gasteiger partial charge < -0.3 is 0 Å². The Balaban J connectivity index is 2.07. The molecule has 2 nitrogen and oxygen atoms in total. The van der Waals surface area contributed by atoms with E-state index in [1.807, 2.05) is 31.3 Å². The molecular weight excluding hydrogens is 361 g/mol. The van der Waals surface area contributed by atoms with Crippen molar-refractivity contribution in [1.82, 2.24) is 4.98 Å². The summed E-state index contributed by atoms with van der Waals surface area (Å²) < 4.78 is 41.7. The first-order valence-electron chi connectivity index (χ1n) is 9.15. The Kier molecular flexibility index (Phi) is 5.93. The van der Waals surface area contributed by atoms with E-state index in [1.165, 1.54) is 6.20 Å². The number of pyridine rings is 1. The number of halogens is 3. The number of aryl methyl sites for hydroxylation is 1. The number of nitrogens with zero attached hydrogens (tertiary/aromatic N) is 2. The van der Waals surface area contributed by atoms with Gasteiger partial charge in [-0.25, -0.2) is 13.2 Å². The van der Waals surface area contributed by atoms with E-state index >= 15 is 0 Å². The van der Waals surface area contributed by atoms with E-state index in [-0.39, 0.29) is 11.3 Å². The zero-order valence-corrected chi connectivity index (χ0v) is 16.0. The molecule has 0 radical (unpaired) electrons. The third-order valence-corrected chi connectivity index (χ3v) is 4.68. The summed E-state index contributed by atoms with van der Waals surface area (Å²) in [6, 6.07) is 10.6. The van der Waals surface area contributed by atoms with Crippen molar-refractivity contribution in [1.29, 1.82) is 0 Å². The van der Waals surface area contributed by atoms with Gasteiger partial charge in [-0.2, -0.15) is 0 Å². The minimum atomic E-state index is -1.24. The maximum absolute atomic E-state index is 14.3. The van der Waals surface area contributed by atoms with Gasteiger partial charge in [-0.1, -0.05) is 26.0 Å². The minimum Gasteiger partial charge on any atom is -0.261 e. The molecular formula is C23H21F3N2. The molecule has 0 spiro atoms. The van der Waals surface area contributed by atoms with Crippen LogP contribution in [0.4, 0.5) is 18.9 Å². The van der Waals surface area contributed by atoms with E-state index < -0.39 is 17.5 Å². The van der Waals surface area contributed by atoms with E-state index in [0.717, 1.165) is 29.3 Å². The summed E-state index contributed by atoms with van der Waals surface area (Å²) in [5.74, 6) is -2.82. The van der Waals surface area contributed by atoms with Gasteiger partial charge in [0, 0.05) is 29.6 Å². The first-order chi connectivity index (χ1) is 13.4. The summed E-state index contributed by atoms with van der Waals surface area (Å²) in [7, 11) is 0. The topological polar surface area (TPSA) is 25.2 Å². The van der Waals surface area contributed by atoms with E-state index in [2.05, 4.69) is 23.8 Å². The first kappa shape index (κ1) is 19.8. The van der Waals surface area contributed by atoms with Crippen molar-refractivity contribution in [3.05, 3.63) is 71.7 Å². The highest BCUT2D eigenvalue weighted by Crippen LogP contribution is 2.34. The van der Waals surface area contributed by atoms with Crippen LogP contribution in [0.2, 0.25) is 0 Å². The summed E-state index contributed by atoms with van der Waals surface area (Å²) >= 11 is 0. The van der Waals surface area contributed by atoms with Crippen LogP contribution in [-0.2, 0) is 0 Å². The molecule has 5 heteroatoms. The van der Waals surface area contributed by atoms with Crippen LogP contribution in [-0.4, -0.2) is 11.2 Å². The van der Waals surface area contributed by atoms with E-state index in [0.29, 0.717) is 17.5 Å². The zero-order valence-electron chi connectivity index (χ0n) is 16.0. The molecule has 3 aromatic rings. The highest BCUT2D eigenvalue weighted by Gasteiger charge is 2.17. The molecule has 0 saturated carbocycles. The van der Waals surface area contributed by atoms with Crippen molar-refractivity contribution in [2.24, 2.45) is 10.9 Å². The Morgan fingerprint density at radius 1 is 1.07 bits per heavy atom. The molecule has 0 saturated heterocycles. The van der Waals surface area contributed by atoms with E-state index in [9.17, 15) is 13.2 Å². The Bertz CT molecular complexity index is 1030. The molecule has 28 heavy (non-hydrogen) atoms. The van der Waals surface area contributed by atoms with E-state index in [4.69, 9.17) is 0 Å². The third kappa shape index (κ3) is 4.14. The van der Waals surface area contributed by atoms with Crippen LogP contribution >= 0.6 is 0 Å². The van der Waals surface area contributed by atoms with Crippen molar-refractivity contribution in [3.63, 3.8) is 0 Å². The third-order valence-electron chi connectivity index (χ3n) is 4.68. The van der Waals surface area contributed by atoms with Crippen LogP contribution in [0.1, 0.15) is 25.8 Å². The van der Waals surface area contributed by atoms with Crippen LogP contribution in [0, 0.1) is 30.3 Å². The maximum atomic E-state index is 14.3. The molecule has 0 aliphatic carbocycles. The number of aromatic nitrogens is 1. The lowest BCUT2D eigenvalue weighted by Gasteiger charge is -2.12. The summed E-state index contributed by atoms with van der Waals surface area (Å²) in [6.07, 6.45) is 4.40. The Labute approximate surface area is 162 Å². The molecule has 3 rings (SSSR count). The summed E-state index contributed by atoms with van der Waals surface area (Å²) in [5.41, 5.74) is 3.13. The van der Waals surface area contributed by atoms with Crippen molar-refractivity contribution in [3.8, 4) is 22.4 Å². The molecule has 0 fully saturated rings. The number of hydrogen-bond donors (Lipinski definition) is 0. The molecule has 0 aliphatic rings. The monoisotopic (exact) mass is 382 g/mol. The fourth-order valence-electron chi connectivity index (χ4n) is 2.86. The molecule has 0 amide bonds. The first-order valence-corrected chi connectivity index (χ1v) is 9.15. The number of rotatable bonds is 5. The van der Waals surface area contributed by atoms with Crippen LogP contribution < -0.4 is 0 Å². The van der Waals surface area contributed by atoms with Crippen molar-refractivity contribution >= 4 is 11.9 Å². The smallest absolute Gasteiger partial charge is 0.168 e. The molecule has 1 unspecified atom stereocenters. The maximum Gasteiger partial charge on any atom is 0.168 e. The van der Waals surface area contributed by atoms with Crippen molar-refractivity contribution in [2.75, 3.05) is 0 Å². The van der Waals surface area contributed by atoms with Gasteiger partial charge in [-0.15, -0.1) is 0 Å². The molecule has 0 aliphatic heterocycles. The molecule has 144 valence electrons. The van der Waals surface area contributed by atoms with Gasteiger partial charge in [-0.3, -0.25) is 9.98 Å². The molecule has 1 heterocycles. The average Bonchev–Trinajstić information content (AvgIpc) is 2.69. The predicted molar refractivity (Wildman–Crippen MR) is 107 cm³/mol. The Hall–Kier alpha value is -2.95. The average molecular weight is 382 g/mol. The SMILES string of the molecule is CCC(C)C=Nc1ccc(-c2cccnc2-c2cc(F)cc(F)c2F)cc1C. The fraction of sp³-hybridized carbons (Fsp3) is 0.217. The van der Waals surface area contributed by atoms with Crippen LogP contribution in [0.25, 0.3) is 22.4 Å². The molecule has 0 bridgehead atoms. The minimum absolute atomic E-state index is 0.189. The summed E-state index contributed by atoms with van der Waals surface area (Å²) in [5, 5.41) is 0. The zero-order chi connectivity index (χ0) is 20.3. The Morgan fingerprint density at radius 2 is 1.86 bits per heavy atom. The lowest BCUT2D eigenvalue weighted by molar-refractivity contribution is 0.497. The second kappa shape index (κ2) is 8.38. The van der Waals surface area contributed by atoms with Gasteiger partial charge in [0.1, 0.15) is 5.82 Å². The van der Waals surface area contributed by atoms with Gasteiger partial charge in [0.2, 0.25) is 0 Å². The fourth-order valence-corrected chi connectivity index (χ4v) is 2.86. The predicted octanol–water partition coefficient (Wildman–Crippen LogP) is 6.89. The molecule has 1 atom stereocenters. The second-order valence-corrected chi connectivity index (χ2v) is 6.81. The quantitative estimate of drug-likeness (QED) is 0.348. The van der Waals surface area contributed by atoms with Gasteiger partial charge in [-0.05, 0) is 54.7 Å². The van der Waals surface area contributed by atoms with Gasteiger partial charge >= 0.3 is 0 Å². The number of hydrogen-bond acceptors (Lipinski definition) is 2. The van der Waals surface area contributed by atoms with Gasteiger partial charge in [0.15, 0.2) is 11.6 Å². The largest absolute Gasteiger partial charge is 0.261 e. The second-order valence-electron chi connectivity index (χ2n) is 6.81. The van der Waals surface area contributed by atoms with Crippen molar-refractivity contribution in [2.45, 2.75) is 27.2 Å². The highest BCUT2D eigenvalue weighted by molar-refractivity contribution is 5.82.